The van der Waals surface area contributed by atoms with Gasteiger partial charge in [-0.05, 0) is 31.2 Å². The standard InChI is InChI=1S/C13H18ClFN2O/c1-9(2)13(18)17(7-3-6-16)10-4-5-12(15)11(14)8-10/h4-5,8-9H,3,6-7,16H2,1-2H3. The van der Waals surface area contributed by atoms with Crippen molar-refractivity contribution in [1.29, 1.82) is 0 Å². The van der Waals surface area contributed by atoms with Crippen LogP contribution in [0.25, 0.3) is 0 Å². The Morgan fingerprint density at radius 2 is 2.17 bits per heavy atom. The third-order valence-corrected chi connectivity index (χ3v) is 2.85. The Morgan fingerprint density at radius 1 is 1.50 bits per heavy atom. The number of hydrogen-bond donors (Lipinski definition) is 1. The minimum absolute atomic E-state index is 0.0156. The van der Waals surface area contributed by atoms with E-state index < -0.39 is 5.82 Å². The van der Waals surface area contributed by atoms with Crippen LogP contribution in [0.2, 0.25) is 5.02 Å². The van der Waals surface area contributed by atoms with Gasteiger partial charge in [-0.2, -0.15) is 0 Å². The monoisotopic (exact) mass is 272 g/mol. The zero-order chi connectivity index (χ0) is 13.7. The third kappa shape index (κ3) is 3.68. The molecular weight excluding hydrogens is 255 g/mol. The maximum atomic E-state index is 13.1. The molecule has 0 radical (unpaired) electrons. The molecule has 1 rings (SSSR count). The average molecular weight is 273 g/mol. The van der Waals surface area contributed by atoms with E-state index in [1.165, 1.54) is 12.1 Å². The average Bonchev–Trinajstić information content (AvgIpc) is 2.33. The van der Waals surface area contributed by atoms with Crippen LogP contribution in [0, 0.1) is 11.7 Å². The van der Waals surface area contributed by atoms with E-state index >= 15 is 0 Å². The van der Waals surface area contributed by atoms with Crippen LogP contribution >= 0.6 is 11.6 Å². The number of carbonyl (C=O) groups excluding carboxylic acids is 1. The molecule has 0 spiro atoms. The van der Waals surface area contributed by atoms with E-state index in [0.717, 1.165) is 0 Å². The molecule has 3 nitrogen and oxygen atoms in total. The van der Waals surface area contributed by atoms with E-state index in [2.05, 4.69) is 0 Å². The number of carbonyl (C=O) groups is 1. The van der Waals surface area contributed by atoms with Crippen LogP contribution in [0.15, 0.2) is 18.2 Å². The quantitative estimate of drug-likeness (QED) is 0.896. The molecule has 0 aromatic heterocycles. The second-order valence-corrected chi connectivity index (χ2v) is 4.79. The highest BCUT2D eigenvalue weighted by atomic mass is 35.5. The maximum absolute atomic E-state index is 13.1. The fourth-order valence-electron chi connectivity index (χ4n) is 1.58. The summed E-state index contributed by atoms with van der Waals surface area (Å²) in [6.07, 6.45) is 0.688. The summed E-state index contributed by atoms with van der Waals surface area (Å²) < 4.78 is 13.1. The van der Waals surface area contributed by atoms with Crippen LogP contribution in [-0.2, 0) is 4.79 Å². The first-order valence-electron chi connectivity index (χ1n) is 5.94. The topological polar surface area (TPSA) is 46.3 Å². The van der Waals surface area contributed by atoms with Crippen molar-refractivity contribution < 1.29 is 9.18 Å². The van der Waals surface area contributed by atoms with Gasteiger partial charge in [-0.25, -0.2) is 4.39 Å². The first-order chi connectivity index (χ1) is 8.47. The Bertz CT molecular complexity index is 423. The van der Waals surface area contributed by atoms with Crippen LogP contribution in [0.4, 0.5) is 10.1 Å². The zero-order valence-corrected chi connectivity index (χ0v) is 11.4. The smallest absolute Gasteiger partial charge is 0.229 e. The van der Waals surface area contributed by atoms with Crippen molar-refractivity contribution in [2.75, 3.05) is 18.0 Å². The lowest BCUT2D eigenvalue weighted by atomic mass is 10.1. The number of nitrogens with zero attached hydrogens (tertiary/aromatic N) is 1. The highest BCUT2D eigenvalue weighted by Gasteiger charge is 2.19. The fraction of sp³-hybridized carbons (Fsp3) is 0.462. The van der Waals surface area contributed by atoms with Gasteiger partial charge in [-0.3, -0.25) is 4.79 Å². The molecule has 1 aromatic rings. The number of rotatable bonds is 5. The van der Waals surface area contributed by atoms with E-state index in [4.69, 9.17) is 17.3 Å². The number of amides is 1. The molecule has 2 N–H and O–H groups in total. The Morgan fingerprint density at radius 3 is 2.67 bits per heavy atom. The molecule has 1 aromatic carbocycles. The van der Waals surface area contributed by atoms with Crippen LogP contribution in [-0.4, -0.2) is 19.0 Å². The van der Waals surface area contributed by atoms with Crippen molar-refractivity contribution in [3.63, 3.8) is 0 Å². The van der Waals surface area contributed by atoms with Gasteiger partial charge in [0.05, 0.1) is 5.02 Å². The van der Waals surface area contributed by atoms with E-state index in [1.807, 2.05) is 13.8 Å². The summed E-state index contributed by atoms with van der Waals surface area (Å²) in [5.41, 5.74) is 6.07. The Labute approximate surface area is 112 Å². The Hall–Kier alpha value is -1.13. The van der Waals surface area contributed by atoms with Gasteiger partial charge in [0.2, 0.25) is 5.91 Å². The molecule has 0 saturated heterocycles. The summed E-state index contributed by atoms with van der Waals surface area (Å²) >= 11 is 5.74. The van der Waals surface area contributed by atoms with Gasteiger partial charge in [-0.1, -0.05) is 25.4 Å². The first kappa shape index (κ1) is 14.9. The molecule has 0 atom stereocenters. The molecule has 5 heteroatoms. The second-order valence-electron chi connectivity index (χ2n) is 4.39. The van der Waals surface area contributed by atoms with Gasteiger partial charge in [0.15, 0.2) is 0 Å². The summed E-state index contributed by atoms with van der Waals surface area (Å²) in [6.45, 7) is 4.65. The van der Waals surface area contributed by atoms with Crippen molar-refractivity contribution in [1.82, 2.24) is 0 Å². The molecule has 18 heavy (non-hydrogen) atoms. The van der Waals surface area contributed by atoms with Crippen LogP contribution in [0.3, 0.4) is 0 Å². The molecule has 0 unspecified atom stereocenters. The lowest BCUT2D eigenvalue weighted by Gasteiger charge is -2.24. The van der Waals surface area contributed by atoms with Gasteiger partial charge in [0.25, 0.3) is 0 Å². The second kappa shape index (κ2) is 6.71. The third-order valence-electron chi connectivity index (χ3n) is 2.56. The predicted octanol–water partition coefficient (Wildman–Crippen LogP) is 2.82. The van der Waals surface area contributed by atoms with Crippen molar-refractivity contribution >= 4 is 23.2 Å². The summed E-state index contributed by atoms with van der Waals surface area (Å²) in [7, 11) is 0. The zero-order valence-electron chi connectivity index (χ0n) is 10.6. The number of halogens is 2. The highest BCUT2D eigenvalue weighted by molar-refractivity contribution is 6.31. The van der Waals surface area contributed by atoms with Crippen molar-refractivity contribution in [2.45, 2.75) is 20.3 Å². The number of hydrogen-bond acceptors (Lipinski definition) is 2. The van der Waals surface area contributed by atoms with E-state index in [0.29, 0.717) is 25.2 Å². The van der Waals surface area contributed by atoms with Crippen LogP contribution < -0.4 is 10.6 Å². The van der Waals surface area contributed by atoms with E-state index in [-0.39, 0.29) is 16.8 Å². The number of nitrogens with two attached hydrogens (primary N) is 1. The highest BCUT2D eigenvalue weighted by Crippen LogP contribution is 2.24. The normalized spacial score (nSPS) is 10.8. The van der Waals surface area contributed by atoms with Crippen molar-refractivity contribution in [3.05, 3.63) is 29.0 Å². The molecule has 0 bridgehead atoms. The molecule has 0 heterocycles. The minimum atomic E-state index is -0.490. The molecule has 0 fully saturated rings. The summed E-state index contributed by atoms with van der Waals surface area (Å²) in [5.74, 6) is -0.645. The molecular formula is C13H18ClFN2O. The lowest BCUT2D eigenvalue weighted by molar-refractivity contribution is -0.121. The van der Waals surface area contributed by atoms with Crippen LogP contribution in [0.1, 0.15) is 20.3 Å². The number of anilines is 1. The lowest BCUT2D eigenvalue weighted by Crippen LogP contribution is -2.36. The molecule has 0 aliphatic rings. The molecule has 0 saturated carbocycles. The first-order valence-corrected chi connectivity index (χ1v) is 6.31. The molecule has 0 aliphatic heterocycles. The fourth-order valence-corrected chi connectivity index (χ4v) is 1.76. The molecule has 0 aliphatic carbocycles. The van der Waals surface area contributed by atoms with Gasteiger partial charge < -0.3 is 10.6 Å². The number of benzene rings is 1. The van der Waals surface area contributed by atoms with Gasteiger partial charge in [0.1, 0.15) is 5.82 Å². The molecule has 1 amide bonds. The van der Waals surface area contributed by atoms with Crippen molar-refractivity contribution in [2.24, 2.45) is 11.7 Å². The minimum Gasteiger partial charge on any atom is -0.330 e. The van der Waals surface area contributed by atoms with Gasteiger partial charge in [-0.15, -0.1) is 0 Å². The van der Waals surface area contributed by atoms with E-state index in [9.17, 15) is 9.18 Å². The van der Waals surface area contributed by atoms with Crippen molar-refractivity contribution in [3.8, 4) is 0 Å². The summed E-state index contributed by atoms with van der Waals surface area (Å²) in [4.78, 5) is 13.7. The van der Waals surface area contributed by atoms with Crippen LogP contribution in [0.5, 0.6) is 0 Å². The Balaban J connectivity index is 3.01. The SMILES string of the molecule is CC(C)C(=O)N(CCCN)c1ccc(F)c(Cl)c1. The predicted molar refractivity (Wildman–Crippen MR) is 72.3 cm³/mol. The largest absolute Gasteiger partial charge is 0.330 e. The summed E-state index contributed by atoms with van der Waals surface area (Å²) in [6, 6.07) is 4.28. The van der Waals surface area contributed by atoms with Gasteiger partial charge in [0, 0.05) is 18.2 Å². The summed E-state index contributed by atoms with van der Waals surface area (Å²) in [5, 5.41) is 0.0156. The maximum Gasteiger partial charge on any atom is 0.229 e. The molecule has 100 valence electrons. The Kier molecular flexibility index (Phi) is 5.56. The van der Waals surface area contributed by atoms with E-state index in [1.54, 1.807) is 11.0 Å². The van der Waals surface area contributed by atoms with Gasteiger partial charge >= 0.3 is 0 Å².